The van der Waals surface area contributed by atoms with Crippen molar-refractivity contribution in [3.8, 4) is 45.6 Å². The number of ether oxygens (including phenoxy) is 3. The highest BCUT2D eigenvalue weighted by molar-refractivity contribution is 6.98. The molecule has 0 saturated carbocycles. The molecule has 35 heavy (non-hydrogen) atoms. The van der Waals surface area contributed by atoms with Gasteiger partial charge in [-0.15, -0.1) is 0 Å². The summed E-state index contributed by atoms with van der Waals surface area (Å²) in [7, 11) is 0. The van der Waals surface area contributed by atoms with Gasteiger partial charge in [-0.1, -0.05) is 60.7 Å². The summed E-state index contributed by atoms with van der Waals surface area (Å²) in [5.74, 6) is 4.99. The number of benzene rings is 5. The monoisotopic (exact) mass is 452 g/mol. The third-order valence-corrected chi connectivity index (χ3v) is 6.80. The fourth-order valence-electron chi connectivity index (χ4n) is 5.18. The molecule has 0 aliphatic carbocycles. The van der Waals surface area contributed by atoms with E-state index < -0.39 is 0 Å². The molecule has 0 fully saturated rings. The number of aryl methyl sites for hydroxylation is 1. The Morgan fingerprint density at radius 1 is 0.571 bits per heavy atom. The van der Waals surface area contributed by atoms with Gasteiger partial charge in [-0.05, 0) is 83.1 Å². The molecular weight excluding hydrogens is 431 g/mol. The highest BCUT2D eigenvalue weighted by atomic mass is 16.5. The summed E-state index contributed by atoms with van der Waals surface area (Å²) in [6, 6.07) is 36.9. The van der Waals surface area contributed by atoms with Crippen molar-refractivity contribution in [2.45, 2.75) is 6.92 Å². The van der Waals surface area contributed by atoms with Crippen LogP contribution in [0.4, 0.5) is 0 Å². The van der Waals surface area contributed by atoms with E-state index in [9.17, 15) is 0 Å². The van der Waals surface area contributed by atoms with E-state index >= 15 is 0 Å². The molecule has 7 rings (SSSR count). The first-order chi connectivity index (χ1) is 17.2. The number of hydrogen-bond acceptors (Lipinski definition) is 3. The van der Waals surface area contributed by atoms with Gasteiger partial charge in [-0.3, -0.25) is 0 Å². The van der Waals surface area contributed by atoms with Crippen LogP contribution < -0.4 is 30.6 Å². The van der Waals surface area contributed by atoms with Crippen molar-refractivity contribution in [1.82, 2.24) is 0 Å². The van der Waals surface area contributed by atoms with Gasteiger partial charge in [0.25, 0.3) is 6.71 Å². The lowest BCUT2D eigenvalue weighted by Gasteiger charge is -2.32. The maximum atomic E-state index is 6.38. The van der Waals surface area contributed by atoms with E-state index in [1.165, 1.54) is 11.1 Å². The first-order valence-corrected chi connectivity index (χ1v) is 11.8. The number of fused-ring (bicyclic) bond motifs is 4. The smallest absolute Gasteiger partial charge is 0.260 e. The van der Waals surface area contributed by atoms with Gasteiger partial charge in [0, 0.05) is 5.46 Å². The summed E-state index contributed by atoms with van der Waals surface area (Å²) in [6.45, 7) is 2.15. The molecule has 4 heteroatoms. The van der Waals surface area contributed by atoms with E-state index in [0.717, 1.165) is 56.4 Å². The molecule has 0 bridgehead atoms. The fourth-order valence-corrected chi connectivity index (χ4v) is 5.18. The van der Waals surface area contributed by atoms with Crippen LogP contribution in [0.15, 0.2) is 109 Å². The molecule has 0 spiro atoms. The molecular formula is C31H21BO3. The fraction of sp³-hybridized carbons (Fsp3) is 0.0323. The molecule has 5 aromatic rings. The van der Waals surface area contributed by atoms with Crippen LogP contribution in [0.25, 0.3) is 11.1 Å². The molecule has 0 aromatic heterocycles. The van der Waals surface area contributed by atoms with Gasteiger partial charge in [0.1, 0.15) is 34.5 Å². The molecule has 5 aromatic carbocycles. The Balaban J connectivity index is 1.29. The van der Waals surface area contributed by atoms with Crippen LogP contribution in [0.3, 0.4) is 0 Å². The Hall–Kier alpha value is -4.44. The average molecular weight is 452 g/mol. The summed E-state index contributed by atoms with van der Waals surface area (Å²) in [5, 5.41) is 0. The van der Waals surface area contributed by atoms with E-state index in [2.05, 4.69) is 61.5 Å². The normalized spacial score (nSPS) is 12.5. The van der Waals surface area contributed by atoms with Crippen molar-refractivity contribution in [3.05, 3.63) is 115 Å². The largest absolute Gasteiger partial charge is 0.458 e. The zero-order chi connectivity index (χ0) is 23.4. The second-order valence-corrected chi connectivity index (χ2v) is 8.99. The number of hydrogen-bond donors (Lipinski definition) is 0. The standard InChI is InChI=1S/C31H21BO3/c1-20-8-2-3-11-24(20)21-9-6-10-22(18-21)33-23-16-17-28-26(19-23)32-25-12-4-5-13-27(25)34-29-14-7-15-30(35-28)31(29)32/h2-19H,1H3. The second-order valence-electron chi connectivity index (χ2n) is 8.99. The molecule has 2 heterocycles. The molecule has 0 radical (unpaired) electrons. The highest BCUT2D eigenvalue weighted by Crippen LogP contribution is 2.36. The zero-order valence-corrected chi connectivity index (χ0v) is 19.2. The van der Waals surface area contributed by atoms with Gasteiger partial charge < -0.3 is 14.2 Å². The molecule has 166 valence electrons. The van der Waals surface area contributed by atoms with Crippen molar-refractivity contribution in [3.63, 3.8) is 0 Å². The van der Waals surface area contributed by atoms with Crippen molar-refractivity contribution >= 4 is 23.1 Å². The molecule has 0 amide bonds. The lowest BCUT2D eigenvalue weighted by Crippen LogP contribution is -2.57. The van der Waals surface area contributed by atoms with Crippen LogP contribution in [0, 0.1) is 6.92 Å². The minimum atomic E-state index is 0.0248. The van der Waals surface area contributed by atoms with E-state index in [1.807, 2.05) is 54.6 Å². The first kappa shape index (κ1) is 20.0. The van der Waals surface area contributed by atoms with E-state index in [0.29, 0.717) is 0 Å². The minimum Gasteiger partial charge on any atom is -0.458 e. The summed E-state index contributed by atoms with van der Waals surface area (Å²) in [6.07, 6.45) is 0. The van der Waals surface area contributed by atoms with Crippen LogP contribution in [0.2, 0.25) is 0 Å². The summed E-state index contributed by atoms with van der Waals surface area (Å²) >= 11 is 0. The highest BCUT2D eigenvalue weighted by Gasteiger charge is 2.39. The molecule has 0 unspecified atom stereocenters. The molecule has 2 aliphatic heterocycles. The molecule has 3 nitrogen and oxygen atoms in total. The number of rotatable bonds is 3. The van der Waals surface area contributed by atoms with Crippen LogP contribution >= 0.6 is 0 Å². The van der Waals surface area contributed by atoms with Gasteiger partial charge in [0.05, 0.1) is 0 Å². The zero-order valence-electron chi connectivity index (χ0n) is 19.2. The van der Waals surface area contributed by atoms with Gasteiger partial charge in [-0.25, -0.2) is 0 Å². The third kappa shape index (κ3) is 3.30. The molecule has 0 atom stereocenters. The summed E-state index contributed by atoms with van der Waals surface area (Å²) in [5.41, 5.74) is 6.86. The van der Waals surface area contributed by atoms with E-state index in [-0.39, 0.29) is 6.71 Å². The van der Waals surface area contributed by atoms with Gasteiger partial charge in [0.15, 0.2) is 0 Å². The van der Waals surface area contributed by atoms with Gasteiger partial charge >= 0.3 is 0 Å². The average Bonchev–Trinajstić information content (AvgIpc) is 2.89. The van der Waals surface area contributed by atoms with E-state index in [1.54, 1.807) is 0 Å². The second kappa shape index (κ2) is 7.81. The van der Waals surface area contributed by atoms with Crippen molar-refractivity contribution in [2.24, 2.45) is 0 Å². The van der Waals surface area contributed by atoms with Crippen molar-refractivity contribution in [1.29, 1.82) is 0 Å². The van der Waals surface area contributed by atoms with Crippen molar-refractivity contribution < 1.29 is 14.2 Å². The predicted molar refractivity (Wildman–Crippen MR) is 141 cm³/mol. The SMILES string of the molecule is Cc1ccccc1-c1cccc(Oc2ccc3c(c2)B2c4ccccc4Oc4cccc(c42)O3)c1. The summed E-state index contributed by atoms with van der Waals surface area (Å²) in [4.78, 5) is 0. The maximum Gasteiger partial charge on any atom is 0.260 e. The Kier molecular flexibility index (Phi) is 4.46. The van der Waals surface area contributed by atoms with Crippen LogP contribution in [-0.4, -0.2) is 6.71 Å². The Labute approximate surface area is 204 Å². The predicted octanol–water partition coefficient (Wildman–Crippen LogP) is 6.18. The molecule has 0 N–H and O–H groups in total. The maximum absolute atomic E-state index is 6.38. The quantitative estimate of drug-likeness (QED) is 0.300. The van der Waals surface area contributed by atoms with Crippen molar-refractivity contribution in [2.75, 3.05) is 0 Å². The lowest BCUT2D eigenvalue weighted by atomic mass is 9.35. The van der Waals surface area contributed by atoms with Crippen LogP contribution in [0.5, 0.6) is 34.5 Å². The Morgan fingerprint density at radius 2 is 1.26 bits per heavy atom. The Morgan fingerprint density at radius 3 is 2.11 bits per heavy atom. The third-order valence-electron chi connectivity index (χ3n) is 6.80. The van der Waals surface area contributed by atoms with Gasteiger partial charge in [-0.2, -0.15) is 0 Å². The summed E-state index contributed by atoms with van der Waals surface area (Å²) < 4.78 is 18.9. The first-order valence-electron chi connectivity index (χ1n) is 11.8. The van der Waals surface area contributed by atoms with Crippen LogP contribution in [-0.2, 0) is 0 Å². The van der Waals surface area contributed by atoms with Gasteiger partial charge in [0.2, 0.25) is 0 Å². The lowest BCUT2D eigenvalue weighted by molar-refractivity contribution is 0.460. The molecule has 0 saturated heterocycles. The molecule has 2 aliphatic rings. The minimum absolute atomic E-state index is 0.0248. The topological polar surface area (TPSA) is 27.7 Å². The number of para-hydroxylation sites is 1. The van der Waals surface area contributed by atoms with Crippen LogP contribution in [0.1, 0.15) is 5.56 Å². The Bertz CT molecular complexity index is 1590. The van der Waals surface area contributed by atoms with E-state index in [4.69, 9.17) is 14.2 Å².